The molecule has 2 aromatic heterocycles. The van der Waals surface area contributed by atoms with E-state index >= 15 is 0 Å². The van der Waals surface area contributed by atoms with E-state index in [9.17, 15) is 4.79 Å². The van der Waals surface area contributed by atoms with Crippen LogP contribution in [0.1, 0.15) is 37.4 Å². The van der Waals surface area contributed by atoms with Gasteiger partial charge in [0, 0.05) is 37.3 Å². The Balaban J connectivity index is 1.71. The predicted molar refractivity (Wildman–Crippen MR) is 77.4 cm³/mol. The van der Waals surface area contributed by atoms with Crippen molar-refractivity contribution in [2.75, 3.05) is 6.54 Å². The summed E-state index contributed by atoms with van der Waals surface area (Å²) in [6, 6.07) is 0.468. The van der Waals surface area contributed by atoms with E-state index in [-0.39, 0.29) is 0 Å². The van der Waals surface area contributed by atoms with Crippen molar-refractivity contribution in [2.45, 2.75) is 37.6 Å². The minimum absolute atomic E-state index is 0.307. The van der Waals surface area contributed by atoms with Gasteiger partial charge in [-0.15, -0.1) is 0 Å². The molecule has 2 aliphatic heterocycles. The van der Waals surface area contributed by atoms with Crippen molar-refractivity contribution in [3.8, 4) is 0 Å². The molecule has 20 heavy (non-hydrogen) atoms. The average Bonchev–Trinajstić information content (AvgIpc) is 3.01. The fourth-order valence-corrected chi connectivity index (χ4v) is 3.97. The first-order valence-corrected chi connectivity index (χ1v) is 7.80. The predicted octanol–water partition coefficient (Wildman–Crippen LogP) is 2.36. The Morgan fingerprint density at radius 2 is 2.20 bits per heavy atom. The zero-order valence-corrected chi connectivity index (χ0v) is 12.6. The highest BCUT2D eigenvalue weighted by molar-refractivity contribution is 9.10. The van der Waals surface area contributed by atoms with Gasteiger partial charge in [-0.05, 0) is 35.2 Å². The zero-order valence-electron chi connectivity index (χ0n) is 11.0. The first-order valence-electron chi connectivity index (χ1n) is 7.01. The SMILES string of the molecule is O=C1CCC2CC[C@@H](c3nc(Br)c4cnccn34)CN12. The lowest BCUT2D eigenvalue weighted by atomic mass is 9.93. The summed E-state index contributed by atoms with van der Waals surface area (Å²) in [4.78, 5) is 22.8. The minimum Gasteiger partial charge on any atom is -0.339 e. The van der Waals surface area contributed by atoms with Crippen LogP contribution >= 0.6 is 15.9 Å². The molecule has 0 N–H and O–H groups in total. The second kappa shape index (κ2) is 4.55. The van der Waals surface area contributed by atoms with Gasteiger partial charge in [-0.2, -0.15) is 0 Å². The number of amides is 1. The number of rotatable bonds is 1. The van der Waals surface area contributed by atoms with Gasteiger partial charge in [-0.3, -0.25) is 14.2 Å². The molecular weight excluding hydrogens is 320 g/mol. The van der Waals surface area contributed by atoms with Crippen LogP contribution < -0.4 is 0 Å². The van der Waals surface area contributed by atoms with Crippen molar-refractivity contribution in [3.05, 3.63) is 29.0 Å². The van der Waals surface area contributed by atoms with Gasteiger partial charge in [0.15, 0.2) is 0 Å². The van der Waals surface area contributed by atoms with Crippen molar-refractivity contribution in [2.24, 2.45) is 0 Å². The maximum absolute atomic E-state index is 11.9. The summed E-state index contributed by atoms with van der Waals surface area (Å²) >= 11 is 3.50. The summed E-state index contributed by atoms with van der Waals surface area (Å²) in [7, 11) is 0. The van der Waals surface area contributed by atoms with E-state index in [4.69, 9.17) is 0 Å². The number of aromatic nitrogens is 3. The van der Waals surface area contributed by atoms with Gasteiger partial charge in [-0.25, -0.2) is 4.98 Å². The molecule has 0 bridgehead atoms. The van der Waals surface area contributed by atoms with E-state index in [1.807, 2.05) is 12.4 Å². The molecule has 1 amide bonds. The molecule has 0 saturated carbocycles. The summed E-state index contributed by atoms with van der Waals surface area (Å²) in [6.07, 6.45) is 9.47. The van der Waals surface area contributed by atoms with Crippen molar-refractivity contribution >= 4 is 27.4 Å². The van der Waals surface area contributed by atoms with E-state index in [0.717, 1.165) is 41.8 Å². The maximum Gasteiger partial charge on any atom is 0.222 e. The molecule has 2 atom stereocenters. The number of imidazole rings is 1. The number of nitrogens with zero attached hydrogens (tertiary/aromatic N) is 4. The Morgan fingerprint density at radius 1 is 1.30 bits per heavy atom. The Morgan fingerprint density at radius 3 is 3.10 bits per heavy atom. The molecule has 2 aliphatic rings. The molecule has 4 heterocycles. The summed E-state index contributed by atoms with van der Waals surface area (Å²) in [5, 5.41) is 0. The van der Waals surface area contributed by atoms with Crippen LogP contribution in [0.3, 0.4) is 0 Å². The average molecular weight is 335 g/mol. The molecule has 2 saturated heterocycles. The van der Waals surface area contributed by atoms with Crippen molar-refractivity contribution in [3.63, 3.8) is 0 Å². The Labute approximate surface area is 125 Å². The third-order valence-electron chi connectivity index (χ3n) is 4.51. The third-order valence-corrected chi connectivity index (χ3v) is 5.10. The van der Waals surface area contributed by atoms with Crippen LogP contribution in [0.5, 0.6) is 0 Å². The number of carbonyl (C=O) groups excluding carboxylic acids is 1. The van der Waals surface area contributed by atoms with E-state index in [1.54, 1.807) is 6.20 Å². The molecule has 104 valence electrons. The van der Waals surface area contributed by atoms with Crippen LogP contribution in [-0.4, -0.2) is 37.8 Å². The number of hydrogen-bond acceptors (Lipinski definition) is 3. The first-order chi connectivity index (χ1) is 9.74. The van der Waals surface area contributed by atoms with Gasteiger partial charge in [0.25, 0.3) is 0 Å². The van der Waals surface area contributed by atoms with Gasteiger partial charge in [-0.1, -0.05) is 0 Å². The number of hydrogen-bond donors (Lipinski definition) is 0. The molecule has 0 aromatic carbocycles. The molecule has 4 rings (SSSR count). The van der Waals surface area contributed by atoms with E-state index in [0.29, 0.717) is 24.3 Å². The summed E-state index contributed by atoms with van der Waals surface area (Å²) in [5.41, 5.74) is 0.984. The third kappa shape index (κ3) is 1.78. The van der Waals surface area contributed by atoms with Crippen LogP contribution in [0.2, 0.25) is 0 Å². The molecule has 0 spiro atoms. The normalized spacial score (nSPS) is 26.2. The lowest BCUT2D eigenvalue weighted by Gasteiger charge is -2.34. The topological polar surface area (TPSA) is 50.5 Å². The van der Waals surface area contributed by atoms with Gasteiger partial charge in [0.1, 0.15) is 10.4 Å². The Kier molecular flexibility index (Phi) is 2.80. The van der Waals surface area contributed by atoms with Crippen LogP contribution in [0.15, 0.2) is 23.2 Å². The smallest absolute Gasteiger partial charge is 0.222 e. The highest BCUT2D eigenvalue weighted by atomic mass is 79.9. The molecule has 0 radical (unpaired) electrons. The summed E-state index contributed by atoms with van der Waals surface area (Å²) in [5.74, 6) is 1.66. The van der Waals surface area contributed by atoms with Crippen LogP contribution in [0.25, 0.3) is 5.52 Å². The van der Waals surface area contributed by atoms with Crippen molar-refractivity contribution in [1.82, 2.24) is 19.3 Å². The first kappa shape index (κ1) is 12.3. The molecule has 2 fully saturated rings. The highest BCUT2D eigenvalue weighted by Gasteiger charge is 2.37. The zero-order chi connectivity index (χ0) is 13.7. The fourth-order valence-electron chi connectivity index (χ4n) is 3.49. The molecule has 0 aliphatic carbocycles. The molecule has 1 unspecified atom stereocenters. The molecule has 6 heteroatoms. The number of carbonyl (C=O) groups is 1. The number of fused-ring (bicyclic) bond motifs is 2. The fraction of sp³-hybridized carbons (Fsp3) is 0.500. The summed E-state index contributed by atoms with van der Waals surface area (Å²) in [6.45, 7) is 0.803. The highest BCUT2D eigenvalue weighted by Crippen LogP contribution is 2.36. The monoisotopic (exact) mass is 334 g/mol. The summed E-state index contributed by atoms with van der Waals surface area (Å²) < 4.78 is 2.92. The Hall–Kier alpha value is -1.43. The van der Waals surface area contributed by atoms with E-state index in [1.165, 1.54) is 0 Å². The minimum atomic E-state index is 0.307. The lowest BCUT2D eigenvalue weighted by molar-refractivity contribution is -0.130. The van der Waals surface area contributed by atoms with Gasteiger partial charge >= 0.3 is 0 Å². The van der Waals surface area contributed by atoms with Crippen LogP contribution in [0.4, 0.5) is 0 Å². The lowest BCUT2D eigenvalue weighted by Crippen LogP contribution is -2.41. The second-order valence-electron chi connectivity index (χ2n) is 5.61. The van der Waals surface area contributed by atoms with Gasteiger partial charge in [0.05, 0.1) is 11.7 Å². The van der Waals surface area contributed by atoms with Crippen molar-refractivity contribution < 1.29 is 4.79 Å². The van der Waals surface area contributed by atoms with Crippen molar-refractivity contribution in [1.29, 1.82) is 0 Å². The molecule has 5 nitrogen and oxygen atoms in total. The van der Waals surface area contributed by atoms with Crippen LogP contribution in [0, 0.1) is 0 Å². The number of piperidine rings is 1. The Bertz CT molecular complexity index is 683. The maximum atomic E-state index is 11.9. The van der Waals surface area contributed by atoms with Crippen LogP contribution in [-0.2, 0) is 4.79 Å². The van der Waals surface area contributed by atoms with Gasteiger partial charge in [0.2, 0.25) is 5.91 Å². The second-order valence-corrected chi connectivity index (χ2v) is 6.36. The van der Waals surface area contributed by atoms with Gasteiger partial charge < -0.3 is 4.90 Å². The van der Waals surface area contributed by atoms with E-state index in [2.05, 4.69) is 35.2 Å². The standard InChI is InChI=1S/C14H15BrN4O/c15-13-11-7-16-5-6-18(11)14(17-13)9-1-2-10-3-4-12(20)19(10)8-9/h5-7,9-10H,1-4,8H2/t9-,10?/m1/s1. The quantitative estimate of drug-likeness (QED) is 0.804. The van der Waals surface area contributed by atoms with E-state index < -0.39 is 0 Å². The number of halogens is 1. The molecule has 2 aromatic rings. The molecular formula is C14H15BrN4O. The largest absolute Gasteiger partial charge is 0.339 e.